The van der Waals surface area contributed by atoms with Crippen LogP contribution in [0, 0.1) is 13.8 Å². The van der Waals surface area contributed by atoms with E-state index in [1.165, 1.54) is 34.7 Å². The monoisotopic (exact) mass is 290 g/mol. The van der Waals surface area contributed by atoms with Gasteiger partial charge in [-0.05, 0) is 40.0 Å². The summed E-state index contributed by atoms with van der Waals surface area (Å²) in [5.74, 6) is 0. The van der Waals surface area contributed by atoms with Gasteiger partial charge in [-0.25, -0.2) is 4.98 Å². The molecule has 0 bridgehead atoms. The molecule has 0 radical (unpaired) electrons. The molecule has 2 aromatic heterocycles. The van der Waals surface area contributed by atoms with Crippen LogP contribution in [0.4, 0.5) is 0 Å². The van der Waals surface area contributed by atoms with Crippen LogP contribution >= 0.6 is 11.3 Å². The Hall–Kier alpha value is -1.20. The molecule has 1 aliphatic carbocycles. The molecule has 20 heavy (non-hydrogen) atoms. The molecule has 0 saturated heterocycles. The largest absolute Gasteiger partial charge is 0.302 e. The maximum atomic E-state index is 4.67. The zero-order valence-electron chi connectivity index (χ0n) is 12.6. The minimum Gasteiger partial charge on any atom is -0.302 e. The number of aryl methyl sites for hydroxylation is 3. The molecular weight excluding hydrogens is 268 g/mol. The van der Waals surface area contributed by atoms with Gasteiger partial charge in [0.1, 0.15) is 0 Å². The van der Waals surface area contributed by atoms with Crippen LogP contribution < -0.4 is 5.32 Å². The van der Waals surface area contributed by atoms with E-state index >= 15 is 0 Å². The molecule has 3 rings (SSSR count). The highest BCUT2D eigenvalue weighted by molar-refractivity contribution is 7.11. The second kappa shape index (κ2) is 5.30. The lowest BCUT2D eigenvalue weighted by molar-refractivity contribution is 0.407. The highest BCUT2D eigenvalue weighted by atomic mass is 32.1. The van der Waals surface area contributed by atoms with Crippen molar-refractivity contribution in [3.8, 4) is 0 Å². The van der Waals surface area contributed by atoms with Crippen molar-refractivity contribution in [3.63, 3.8) is 0 Å². The molecule has 0 spiro atoms. The van der Waals surface area contributed by atoms with Gasteiger partial charge in [0.05, 0.1) is 16.9 Å². The standard InChI is InChI=1S/C15H22N4S/c1-9(15-10(2)20-11(3)18-15)17-13-6-5-7-14-12(13)8-16-19(14)4/h8-9,13,17H,5-7H2,1-4H3. The van der Waals surface area contributed by atoms with E-state index in [9.17, 15) is 0 Å². The second-order valence-corrected chi connectivity index (χ2v) is 7.09. The highest BCUT2D eigenvalue weighted by Gasteiger charge is 2.25. The van der Waals surface area contributed by atoms with Gasteiger partial charge in [-0.2, -0.15) is 5.10 Å². The Bertz CT molecular complexity index is 613. The lowest BCUT2D eigenvalue weighted by Crippen LogP contribution is -2.28. The normalized spacial score (nSPS) is 19.9. The minimum atomic E-state index is 0.288. The van der Waals surface area contributed by atoms with E-state index in [0.717, 1.165) is 11.4 Å². The molecule has 1 aliphatic rings. The first kappa shape index (κ1) is 13.8. The van der Waals surface area contributed by atoms with Crippen LogP contribution in [0.25, 0.3) is 0 Å². The first-order valence-corrected chi connectivity index (χ1v) is 8.08. The summed E-state index contributed by atoms with van der Waals surface area (Å²) in [5, 5.41) is 9.31. The van der Waals surface area contributed by atoms with Crippen LogP contribution in [0.1, 0.15) is 58.7 Å². The highest BCUT2D eigenvalue weighted by Crippen LogP contribution is 2.32. The van der Waals surface area contributed by atoms with Gasteiger partial charge < -0.3 is 5.32 Å². The molecule has 2 heterocycles. The van der Waals surface area contributed by atoms with Crippen LogP contribution in [0.15, 0.2) is 6.20 Å². The third-order valence-electron chi connectivity index (χ3n) is 4.18. The molecule has 0 fully saturated rings. The van der Waals surface area contributed by atoms with Crippen molar-refractivity contribution in [1.29, 1.82) is 0 Å². The van der Waals surface area contributed by atoms with Crippen LogP contribution in [-0.4, -0.2) is 14.8 Å². The lowest BCUT2D eigenvalue weighted by atomic mass is 9.92. The molecule has 2 atom stereocenters. The number of nitrogens with one attached hydrogen (secondary N) is 1. The summed E-state index contributed by atoms with van der Waals surface area (Å²) in [4.78, 5) is 6.00. The van der Waals surface area contributed by atoms with E-state index in [-0.39, 0.29) is 6.04 Å². The number of thiazole rings is 1. The van der Waals surface area contributed by atoms with E-state index in [2.05, 4.69) is 36.2 Å². The van der Waals surface area contributed by atoms with Gasteiger partial charge in [-0.3, -0.25) is 4.68 Å². The Morgan fingerprint density at radius 1 is 1.45 bits per heavy atom. The predicted octanol–water partition coefficient (Wildman–Crippen LogP) is 3.22. The Kier molecular flexibility index (Phi) is 3.65. The Morgan fingerprint density at radius 2 is 2.25 bits per heavy atom. The fraction of sp³-hybridized carbons (Fsp3) is 0.600. The maximum absolute atomic E-state index is 4.67. The summed E-state index contributed by atoms with van der Waals surface area (Å²) in [6.45, 7) is 6.45. The summed E-state index contributed by atoms with van der Waals surface area (Å²) < 4.78 is 2.02. The summed E-state index contributed by atoms with van der Waals surface area (Å²) in [6, 6.07) is 0.694. The van der Waals surface area contributed by atoms with Crippen LogP contribution in [0.2, 0.25) is 0 Å². The number of aromatic nitrogens is 3. The van der Waals surface area contributed by atoms with Gasteiger partial charge in [0.25, 0.3) is 0 Å². The molecule has 4 nitrogen and oxygen atoms in total. The maximum Gasteiger partial charge on any atom is 0.0900 e. The first-order chi connectivity index (χ1) is 9.56. The van der Waals surface area contributed by atoms with Gasteiger partial charge in [0.2, 0.25) is 0 Å². The second-order valence-electron chi connectivity index (χ2n) is 5.68. The molecule has 2 aromatic rings. The Balaban J connectivity index is 1.80. The average molecular weight is 290 g/mol. The van der Waals surface area contributed by atoms with Crippen molar-refractivity contribution >= 4 is 11.3 Å². The quantitative estimate of drug-likeness (QED) is 0.944. The van der Waals surface area contributed by atoms with Gasteiger partial charge in [-0.1, -0.05) is 0 Å². The molecule has 2 unspecified atom stereocenters. The third-order valence-corrected chi connectivity index (χ3v) is 5.08. The number of rotatable bonds is 3. The molecule has 0 amide bonds. The van der Waals surface area contributed by atoms with Crippen molar-refractivity contribution in [2.45, 2.75) is 52.1 Å². The van der Waals surface area contributed by atoms with Gasteiger partial charge in [0, 0.05) is 35.3 Å². The van der Waals surface area contributed by atoms with Crippen molar-refractivity contribution in [3.05, 3.63) is 33.0 Å². The molecule has 108 valence electrons. The van der Waals surface area contributed by atoms with E-state index in [1.807, 2.05) is 17.9 Å². The Morgan fingerprint density at radius 3 is 2.95 bits per heavy atom. The van der Waals surface area contributed by atoms with Gasteiger partial charge in [0.15, 0.2) is 0 Å². The number of hydrogen-bond donors (Lipinski definition) is 1. The van der Waals surface area contributed by atoms with Crippen LogP contribution in [0.5, 0.6) is 0 Å². The molecule has 0 aromatic carbocycles. The van der Waals surface area contributed by atoms with E-state index in [0.29, 0.717) is 6.04 Å². The number of fused-ring (bicyclic) bond motifs is 1. The van der Waals surface area contributed by atoms with Crippen LogP contribution in [-0.2, 0) is 13.5 Å². The van der Waals surface area contributed by atoms with E-state index < -0.39 is 0 Å². The topological polar surface area (TPSA) is 42.7 Å². The lowest BCUT2D eigenvalue weighted by Gasteiger charge is -2.27. The summed E-state index contributed by atoms with van der Waals surface area (Å²) in [7, 11) is 2.04. The van der Waals surface area contributed by atoms with Crippen molar-refractivity contribution in [2.24, 2.45) is 7.05 Å². The molecular formula is C15H22N4S. The summed E-state index contributed by atoms with van der Waals surface area (Å²) in [6.07, 6.45) is 5.59. The van der Waals surface area contributed by atoms with Crippen molar-refractivity contribution in [1.82, 2.24) is 20.1 Å². The zero-order chi connectivity index (χ0) is 14.3. The smallest absolute Gasteiger partial charge is 0.0900 e. The average Bonchev–Trinajstić information content (AvgIpc) is 2.94. The summed E-state index contributed by atoms with van der Waals surface area (Å²) >= 11 is 1.78. The SMILES string of the molecule is Cc1nc(C(C)NC2CCCc3c2cnn3C)c(C)s1. The minimum absolute atomic E-state index is 0.288. The first-order valence-electron chi connectivity index (χ1n) is 7.27. The molecule has 0 aliphatic heterocycles. The Labute approximate surface area is 124 Å². The molecule has 1 N–H and O–H groups in total. The van der Waals surface area contributed by atoms with Gasteiger partial charge in [-0.15, -0.1) is 11.3 Å². The fourth-order valence-electron chi connectivity index (χ4n) is 3.21. The molecule has 0 saturated carbocycles. The molecule has 5 heteroatoms. The number of nitrogens with zero attached hydrogens (tertiary/aromatic N) is 3. The van der Waals surface area contributed by atoms with Crippen molar-refractivity contribution in [2.75, 3.05) is 0 Å². The van der Waals surface area contributed by atoms with Gasteiger partial charge >= 0.3 is 0 Å². The predicted molar refractivity (Wildman–Crippen MR) is 82.0 cm³/mol. The third kappa shape index (κ3) is 2.40. The number of hydrogen-bond acceptors (Lipinski definition) is 4. The van der Waals surface area contributed by atoms with E-state index in [1.54, 1.807) is 11.3 Å². The summed E-state index contributed by atoms with van der Waals surface area (Å²) in [5.41, 5.74) is 3.95. The van der Waals surface area contributed by atoms with E-state index in [4.69, 9.17) is 0 Å². The zero-order valence-corrected chi connectivity index (χ0v) is 13.4. The van der Waals surface area contributed by atoms with Crippen LogP contribution in [0.3, 0.4) is 0 Å². The van der Waals surface area contributed by atoms with Crippen molar-refractivity contribution < 1.29 is 0 Å². The fourth-order valence-corrected chi connectivity index (χ4v) is 4.12.